The molecule has 1 aromatic heterocycles. The number of carboxylic acid groups (broad SMARTS) is 1. The number of fused-ring (bicyclic) bond motifs is 1. The lowest BCUT2D eigenvalue weighted by molar-refractivity contribution is 0.0697. The Morgan fingerprint density at radius 1 is 1.19 bits per heavy atom. The minimum Gasteiger partial charge on any atom is -0.488 e. The van der Waals surface area contributed by atoms with Gasteiger partial charge in [0.2, 0.25) is 0 Å². The van der Waals surface area contributed by atoms with Crippen LogP contribution in [0.25, 0.3) is 22.7 Å². The van der Waals surface area contributed by atoms with Crippen LogP contribution in [0, 0.1) is 20.7 Å². The third-order valence-corrected chi connectivity index (χ3v) is 5.52. The second-order valence-corrected chi connectivity index (χ2v) is 8.06. The standard InChI is InChI=1S/C24H15FIN3O3/c25-18-6-7-20-21(11-18)29-23(28-20)17(12-27)9-15-3-8-22(19(26)10-15)32-13-14-1-4-16(5-2-14)24(30)31/h1-11H,13H2,(H,28,29)(H,30,31)/b17-9-. The highest BCUT2D eigenvalue weighted by Crippen LogP contribution is 2.26. The molecule has 4 rings (SSSR count). The zero-order valence-corrected chi connectivity index (χ0v) is 18.6. The number of carboxylic acids is 1. The van der Waals surface area contributed by atoms with Gasteiger partial charge < -0.3 is 14.8 Å². The van der Waals surface area contributed by atoms with Crippen LogP contribution in [0.1, 0.15) is 27.3 Å². The van der Waals surface area contributed by atoms with Crippen molar-refractivity contribution in [2.75, 3.05) is 0 Å². The van der Waals surface area contributed by atoms with Gasteiger partial charge in [-0.25, -0.2) is 14.2 Å². The number of nitrogens with zero attached hydrogens (tertiary/aromatic N) is 2. The Balaban J connectivity index is 1.51. The SMILES string of the molecule is N#C/C(=C/c1ccc(OCc2ccc(C(=O)O)cc2)c(I)c1)c1nc2ccc(F)cc2[nH]1. The number of carbonyl (C=O) groups is 1. The second kappa shape index (κ2) is 9.20. The summed E-state index contributed by atoms with van der Waals surface area (Å²) in [5.74, 6) is -0.309. The highest BCUT2D eigenvalue weighted by atomic mass is 127. The number of rotatable bonds is 6. The Hall–Kier alpha value is -3.71. The van der Waals surface area contributed by atoms with Gasteiger partial charge in [0.1, 0.15) is 30.1 Å². The number of hydrogen-bond acceptors (Lipinski definition) is 4. The number of ether oxygens (including phenoxy) is 1. The molecule has 0 fully saturated rings. The van der Waals surface area contributed by atoms with Gasteiger partial charge in [-0.15, -0.1) is 0 Å². The number of nitrogens with one attached hydrogen (secondary N) is 1. The molecule has 6 nitrogen and oxygen atoms in total. The summed E-state index contributed by atoms with van der Waals surface area (Å²) in [5.41, 5.74) is 3.29. The summed E-state index contributed by atoms with van der Waals surface area (Å²) in [4.78, 5) is 18.3. The maximum atomic E-state index is 13.4. The molecule has 0 saturated heterocycles. The molecule has 0 aliphatic carbocycles. The second-order valence-electron chi connectivity index (χ2n) is 6.90. The maximum Gasteiger partial charge on any atom is 0.335 e. The molecule has 0 unspecified atom stereocenters. The van der Waals surface area contributed by atoms with Crippen LogP contribution in [0.15, 0.2) is 60.7 Å². The van der Waals surface area contributed by atoms with E-state index in [2.05, 4.69) is 38.6 Å². The Morgan fingerprint density at radius 2 is 1.97 bits per heavy atom. The number of halogens is 2. The average molecular weight is 539 g/mol. The maximum absolute atomic E-state index is 13.4. The number of imidazole rings is 1. The molecule has 0 spiro atoms. The van der Waals surface area contributed by atoms with Crippen LogP contribution in [0.4, 0.5) is 4.39 Å². The molecule has 32 heavy (non-hydrogen) atoms. The highest BCUT2D eigenvalue weighted by molar-refractivity contribution is 14.1. The molecule has 1 heterocycles. The zero-order valence-electron chi connectivity index (χ0n) is 16.5. The minimum absolute atomic E-state index is 0.224. The van der Waals surface area contributed by atoms with Crippen LogP contribution in [-0.2, 0) is 6.61 Å². The van der Waals surface area contributed by atoms with Crippen molar-refractivity contribution in [2.45, 2.75) is 6.61 Å². The van der Waals surface area contributed by atoms with Crippen molar-refractivity contribution in [1.82, 2.24) is 9.97 Å². The number of aromatic amines is 1. The van der Waals surface area contributed by atoms with Crippen LogP contribution < -0.4 is 4.74 Å². The lowest BCUT2D eigenvalue weighted by Crippen LogP contribution is -1.99. The third-order valence-electron chi connectivity index (χ3n) is 4.68. The molecule has 4 aromatic rings. The molecule has 0 aliphatic rings. The van der Waals surface area contributed by atoms with Crippen molar-refractivity contribution in [2.24, 2.45) is 0 Å². The Morgan fingerprint density at radius 3 is 2.66 bits per heavy atom. The van der Waals surface area contributed by atoms with Crippen LogP contribution >= 0.6 is 22.6 Å². The quantitative estimate of drug-likeness (QED) is 0.244. The van der Waals surface area contributed by atoms with E-state index >= 15 is 0 Å². The Kier molecular flexibility index (Phi) is 6.18. The summed E-state index contributed by atoms with van der Waals surface area (Å²) in [5, 5.41) is 18.6. The van der Waals surface area contributed by atoms with Gasteiger partial charge in [0, 0.05) is 0 Å². The van der Waals surface area contributed by atoms with Crippen LogP contribution in [0.5, 0.6) is 5.75 Å². The first-order chi connectivity index (χ1) is 15.4. The monoisotopic (exact) mass is 539 g/mol. The van der Waals surface area contributed by atoms with E-state index in [9.17, 15) is 14.4 Å². The lowest BCUT2D eigenvalue weighted by atomic mass is 10.1. The van der Waals surface area contributed by atoms with Gasteiger partial charge in [-0.1, -0.05) is 18.2 Å². The van der Waals surface area contributed by atoms with Gasteiger partial charge in [0.15, 0.2) is 0 Å². The fourth-order valence-corrected chi connectivity index (χ4v) is 3.75. The average Bonchev–Trinajstić information content (AvgIpc) is 3.20. The van der Waals surface area contributed by atoms with Gasteiger partial charge in [0.05, 0.1) is 25.7 Å². The van der Waals surface area contributed by atoms with E-state index in [0.717, 1.165) is 14.7 Å². The topological polar surface area (TPSA) is 99.0 Å². The number of benzene rings is 3. The van der Waals surface area contributed by atoms with E-state index in [1.165, 1.54) is 24.3 Å². The molecule has 2 N–H and O–H groups in total. The van der Waals surface area contributed by atoms with E-state index < -0.39 is 5.97 Å². The number of nitriles is 1. The van der Waals surface area contributed by atoms with Crippen molar-refractivity contribution >= 4 is 51.2 Å². The smallest absolute Gasteiger partial charge is 0.335 e. The van der Waals surface area contributed by atoms with Crippen LogP contribution in [-0.4, -0.2) is 21.0 Å². The van der Waals surface area contributed by atoms with E-state index in [1.807, 2.05) is 18.2 Å². The van der Waals surface area contributed by atoms with E-state index in [0.29, 0.717) is 34.8 Å². The van der Waals surface area contributed by atoms with Gasteiger partial charge >= 0.3 is 5.97 Å². The predicted molar refractivity (Wildman–Crippen MR) is 126 cm³/mol. The van der Waals surface area contributed by atoms with Crippen molar-refractivity contribution in [3.63, 3.8) is 0 Å². The first kappa shape index (κ1) is 21.5. The van der Waals surface area contributed by atoms with Crippen LogP contribution in [0.3, 0.4) is 0 Å². The van der Waals surface area contributed by atoms with E-state index in [4.69, 9.17) is 9.84 Å². The molecule has 0 aliphatic heterocycles. The minimum atomic E-state index is -0.970. The Labute approximate surface area is 196 Å². The molecule has 0 saturated carbocycles. The first-order valence-electron chi connectivity index (χ1n) is 9.45. The summed E-state index contributed by atoms with van der Waals surface area (Å²) in [6, 6.07) is 18.4. The molecule has 0 amide bonds. The normalized spacial score (nSPS) is 11.3. The summed E-state index contributed by atoms with van der Waals surface area (Å²) in [6.07, 6.45) is 1.70. The zero-order chi connectivity index (χ0) is 22.7. The number of allylic oxidation sites excluding steroid dienone is 1. The van der Waals surface area contributed by atoms with E-state index in [-0.39, 0.29) is 11.4 Å². The van der Waals surface area contributed by atoms with Crippen molar-refractivity contribution in [3.8, 4) is 11.8 Å². The molecule has 3 aromatic carbocycles. The number of hydrogen-bond donors (Lipinski definition) is 2. The fraction of sp³-hybridized carbons (Fsp3) is 0.0417. The van der Waals surface area contributed by atoms with Gasteiger partial charge in [-0.05, 0) is 82.3 Å². The third kappa shape index (κ3) is 4.78. The number of aromatic carboxylic acids is 1. The van der Waals surface area contributed by atoms with Gasteiger partial charge in [-0.2, -0.15) is 5.26 Å². The first-order valence-corrected chi connectivity index (χ1v) is 10.5. The van der Waals surface area contributed by atoms with E-state index in [1.54, 1.807) is 24.3 Å². The fourth-order valence-electron chi connectivity index (χ4n) is 3.06. The predicted octanol–water partition coefficient (Wildman–Crippen LogP) is 5.65. The van der Waals surface area contributed by atoms with Gasteiger partial charge in [-0.3, -0.25) is 0 Å². The summed E-state index contributed by atoms with van der Waals surface area (Å²) >= 11 is 2.15. The summed E-state index contributed by atoms with van der Waals surface area (Å²) < 4.78 is 20.1. The van der Waals surface area contributed by atoms with Crippen LogP contribution in [0.2, 0.25) is 0 Å². The molecular formula is C24H15FIN3O3. The molecule has 8 heteroatoms. The van der Waals surface area contributed by atoms with Crippen molar-refractivity contribution < 1.29 is 19.0 Å². The number of aromatic nitrogens is 2. The highest BCUT2D eigenvalue weighted by Gasteiger charge is 2.10. The lowest BCUT2D eigenvalue weighted by Gasteiger charge is -2.09. The molecule has 0 bridgehead atoms. The Bertz CT molecular complexity index is 1390. The van der Waals surface area contributed by atoms with Crippen molar-refractivity contribution in [3.05, 3.63) is 92.6 Å². The van der Waals surface area contributed by atoms with Crippen molar-refractivity contribution in [1.29, 1.82) is 5.26 Å². The largest absolute Gasteiger partial charge is 0.488 e. The summed E-state index contributed by atoms with van der Waals surface area (Å²) in [7, 11) is 0. The molecular weight excluding hydrogens is 524 g/mol. The molecule has 0 atom stereocenters. The van der Waals surface area contributed by atoms with Gasteiger partial charge in [0.25, 0.3) is 0 Å². The molecule has 158 valence electrons. The molecule has 0 radical (unpaired) electrons. The summed E-state index contributed by atoms with van der Waals surface area (Å²) in [6.45, 7) is 0.296. The number of H-pyrrole nitrogens is 1.